The number of aryl methyl sites for hydroxylation is 1. The maximum atomic E-state index is 5.24. The van der Waals surface area contributed by atoms with Crippen LogP contribution < -0.4 is 10.1 Å². The Labute approximate surface area is 117 Å². The molecule has 2 rings (SSSR count). The van der Waals surface area contributed by atoms with E-state index >= 15 is 0 Å². The molecule has 19 heavy (non-hydrogen) atoms. The third-order valence-electron chi connectivity index (χ3n) is 2.83. The van der Waals surface area contributed by atoms with Crippen LogP contribution in [0.4, 0.5) is 0 Å². The van der Waals surface area contributed by atoms with E-state index in [9.17, 15) is 0 Å². The van der Waals surface area contributed by atoms with Crippen molar-refractivity contribution in [2.24, 2.45) is 0 Å². The molecule has 0 aliphatic rings. The lowest BCUT2D eigenvalue weighted by atomic mass is 10.1. The van der Waals surface area contributed by atoms with Crippen LogP contribution in [-0.2, 0) is 0 Å². The molecule has 102 valence electrons. The number of rotatable bonds is 6. The number of thiazole rings is 1. The summed E-state index contributed by atoms with van der Waals surface area (Å²) in [5, 5.41) is 6.69. The molecule has 0 saturated heterocycles. The summed E-state index contributed by atoms with van der Waals surface area (Å²) < 4.78 is 5.24. The number of aromatic nitrogens is 2. The van der Waals surface area contributed by atoms with E-state index in [1.807, 2.05) is 19.2 Å². The average Bonchev–Trinajstić information content (AvgIpc) is 2.86. The molecule has 1 atom stereocenters. The smallest absolute Gasteiger partial charge is 0.137 e. The minimum absolute atomic E-state index is 0.0764. The fourth-order valence-corrected chi connectivity index (χ4v) is 2.54. The monoisotopic (exact) mass is 277 g/mol. The number of nitrogens with one attached hydrogen (secondary N) is 1. The number of hydrogen-bond acceptors (Lipinski definition) is 5. The van der Waals surface area contributed by atoms with Gasteiger partial charge >= 0.3 is 0 Å². The van der Waals surface area contributed by atoms with Gasteiger partial charge in [-0.15, -0.1) is 11.3 Å². The Bertz CT molecular complexity index is 527. The number of pyridine rings is 1. The maximum absolute atomic E-state index is 5.24. The molecule has 1 N–H and O–H groups in total. The molecule has 2 aromatic rings. The summed E-state index contributed by atoms with van der Waals surface area (Å²) in [5.74, 6) is 0.771. The minimum Gasteiger partial charge on any atom is -0.495 e. The van der Waals surface area contributed by atoms with Gasteiger partial charge in [-0.25, -0.2) is 4.98 Å². The topological polar surface area (TPSA) is 47.0 Å². The SMILES string of the molecule is CCCNC(c1cncc(OC)c1)c1csc(C)n1. The van der Waals surface area contributed by atoms with E-state index < -0.39 is 0 Å². The maximum Gasteiger partial charge on any atom is 0.137 e. The summed E-state index contributed by atoms with van der Waals surface area (Å²) in [6, 6.07) is 2.09. The van der Waals surface area contributed by atoms with Crippen LogP contribution in [0.25, 0.3) is 0 Å². The number of methoxy groups -OCH3 is 1. The number of nitrogens with zero attached hydrogens (tertiary/aromatic N) is 2. The van der Waals surface area contributed by atoms with Gasteiger partial charge in [-0.1, -0.05) is 6.92 Å². The van der Waals surface area contributed by atoms with Gasteiger partial charge in [0.1, 0.15) is 5.75 Å². The Hall–Kier alpha value is -1.46. The zero-order valence-electron chi connectivity index (χ0n) is 11.5. The Morgan fingerprint density at radius 3 is 2.89 bits per heavy atom. The van der Waals surface area contributed by atoms with Gasteiger partial charge in [-0.2, -0.15) is 0 Å². The van der Waals surface area contributed by atoms with E-state index in [4.69, 9.17) is 4.74 Å². The van der Waals surface area contributed by atoms with Crippen LogP contribution in [0.15, 0.2) is 23.8 Å². The lowest BCUT2D eigenvalue weighted by Crippen LogP contribution is -2.23. The second-order valence-corrected chi connectivity index (χ2v) is 5.40. The van der Waals surface area contributed by atoms with Crippen LogP contribution in [-0.4, -0.2) is 23.6 Å². The summed E-state index contributed by atoms with van der Waals surface area (Å²) in [6.07, 6.45) is 4.66. The van der Waals surface area contributed by atoms with Crippen LogP contribution in [0, 0.1) is 6.92 Å². The molecule has 2 heterocycles. The third-order valence-corrected chi connectivity index (χ3v) is 3.63. The Balaban J connectivity index is 2.30. The molecule has 0 spiro atoms. The van der Waals surface area contributed by atoms with Crippen LogP contribution in [0.1, 0.15) is 35.7 Å². The van der Waals surface area contributed by atoms with Gasteiger partial charge < -0.3 is 10.1 Å². The van der Waals surface area contributed by atoms with E-state index in [-0.39, 0.29) is 6.04 Å². The van der Waals surface area contributed by atoms with Crippen molar-refractivity contribution >= 4 is 11.3 Å². The first kappa shape index (κ1) is 14.0. The average molecular weight is 277 g/mol. The summed E-state index contributed by atoms with van der Waals surface area (Å²) >= 11 is 1.67. The zero-order valence-corrected chi connectivity index (χ0v) is 12.3. The van der Waals surface area contributed by atoms with Crippen molar-refractivity contribution in [3.63, 3.8) is 0 Å². The predicted molar refractivity (Wildman–Crippen MR) is 77.8 cm³/mol. The first-order valence-corrected chi connectivity index (χ1v) is 7.27. The fourth-order valence-electron chi connectivity index (χ4n) is 1.90. The lowest BCUT2D eigenvalue weighted by Gasteiger charge is -2.17. The second kappa shape index (κ2) is 6.63. The highest BCUT2D eigenvalue weighted by atomic mass is 32.1. The van der Waals surface area contributed by atoms with Gasteiger partial charge in [0.15, 0.2) is 0 Å². The van der Waals surface area contributed by atoms with Gasteiger partial charge in [-0.05, 0) is 31.5 Å². The molecule has 0 radical (unpaired) electrons. The largest absolute Gasteiger partial charge is 0.495 e. The van der Waals surface area contributed by atoms with Gasteiger partial charge in [0, 0.05) is 11.6 Å². The van der Waals surface area contributed by atoms with Crippen molar-refractivity contribution < 1.29 is 4.74 Å². The highest BCUT2D eigenvalue weighted by Gasteiger charge is 2.17. The summed E-state index contributed by atoms with van der Waals surface area (Å²) in [6.45, 7) is 5.12. The molecular weight excluding hydrogens is 258 g/mol. The van der Waals surface area contributed by atoms with Crippen molar-refractivity contribution in [1.82, 2.24) is 15.3 Å². The number of hydrogen-bond donors (Lipinski definition) is 1. The molecule has 0 bridgehead atoms. The van der Waals surface area contributed by atoms with Crippen LogP contribution in [0.2, 0.25) is 0 Å². The van der Waals surface area contributed by atoms with Gasteiger partial charge in [0.05, 0.1) is 30.1 Å². The Morgan fingerprint density at radius 2 is 2.26 bits per heavy atom. The van der Waals surface area contributed by atoms with Crippen molar-refractivity contribution in [3.8, 4) is 5.75 Å². The molecule has 5 heteroatoms. The first-order valence-electron chi connectivity index (χ1n) is 6.39. The quantitative estimate of drug-likeness (QED) is 0.882. The fraction of sp³-hybridized carbons (Fsp3) is 0.429. The molecule has 0 fully saturated rings. The van der Waals surface area contributed by atoms with Crippen molar-refractivity contribution in [2.45, 2.75) is 26.3 Å². The van der Waals surface area contributed by atoms with Gasteiger partial charge in [0.2, 0.25) is 0 Å². The van der Waals surface area contributed by atoms with Crippen LogP contribution in [0.3, 0.4) is 0 Å². The second-order valence-electron chi connectivity index (χ2n) is 4.34. The summed E-state index contributed by atoms with van der Waals surface area (Å²) in [4.78, 5) is 8.81. The van der Waals surface area contributed by atoms with E-state index in [0.29, 0.717) is 0 Å². The molecular formula is C14H19N3OS. The normalized spacial score (nSPS) is 12.4. The van der Waals surface area contributed by atoms with E-state index in [0.717, 1.165) is 35.0 Å². The summed E-state index contributed by atoms with van der Waals surface area (Å²) in [7, 11) is 1.66. The summed E-state index contributed by atoms with van der Waals surface area (Å²) in [5.41, 5.74) is 2.13. The molecule has 0 saturated carbocycles. The van der Waals surface area contributed by atoms with Gasteiger partial charge in [-0.3, -0.25) is 4.98 Å². The molecule has 1 unspecified atom stereocenters. The first-order chi connectivity index (χ1) is 9.24. The molecule has 0 aliphatic heterocycles. The third kappa shape index (κ3) is 3.52. The molecule has 4 nitrogen and oxygen atoms in total. The molecule has 2 aromatic heterocycles. The van der Waals surface area contributed by atoms with Crippen molar-refractivity contribution in [1.29, 1.82) is 0 Å². The Morgan fingerprint density at radius 1 is 1.42 bits per heavy atom. The highest BCUT2D eigenvalue weighted by molar-refractivity contribution is 7.09. The predicted octanol–water partition coefficient (Wildman–Crippen LogP) is 2.94. The molecule has 0 aromatic carbocycles. The van der Waals surface area contributed by atoms with E-state index in [1.165, 1.54) is 0 Å². The van der Waals surface area contributed by atoms with Crippen LogP contribution >= 0.6 is 11.3 Å². The van der Waals surface area contributed by atoms with E-state index in [1.54, 1.807) is 24.6 Å². The van der Waals surface area contributed by atoms with Gasteiger partial charge in [0.25, 0.3) is 0 Å². The lowest BCUT2D eigenvalue weighted by molar-refractivity contribution is 0.411. The zero-order chi connectivity index (χ0) is 13.7. The highest BCUT2D eigenvalue weighted by Crippen LogP contribution is 2.25. The molecule has 0 amide bonds. The van der Waals surface area contributed by atoms with E-state index in [2.05, 4.69) is 27.6 Å². The standard InChI is InChI=1S/C14H19N3OS/c1-4-5-16-14(13-9-19-10(2)17-13)11-6-12(18-3)8-15-7-11/h6-9,14,16H,4-5H2,1-3H3. The molecule has 0 aliphatic carbocycles. The van der Waals surface area contributed by atoms with Crippen LogP contribution in [0.5, 0.6) is 5.75 Å². The van der Waals surface area contributed by atoms with Crippen molar-refractivity contribution in [3.05, 3.63) is 40.1 Å². The number of ether oxygens (including phenoxy) is 1. The van der Waals surface area contributed by atoms with Crippen molar-refractivity contribution in [2.75, 3.05) is 13.7 Å². The minimum atomic E-state index is 0.0764. The Kier molecular flexibility index (Phi) is 4.87.